The summed E-state index contributed by atoms with van der Waals surface area (Å²) in [5.74, 6) is -0.390. The molecule has 0 aliphatic heterocycles. The van der Waals surface area contributed by atoms with Crippen LogP contribution in [0, 0.1) is 5.92 Å². The summed E-state index contributed by atoms with van der Waals surface area (Å²) in [4.78, 5) is 13.3. The number of hydrogen-bond acceptors (Lipinski definition) is 2. The highest BCUT2D eigenvalue weighted by Gasteiger charge is 2.44. The van der Waals surface area contributed by atoms with E-state index in [9.17, 15) is 18.0 Å². The first-order valence-electron chi connectivity index (χ1n) is 6.81. The number of carbonyl (C=O) groups is 1. The van der Waals surface area contributed by atoms with Gasteiger partial charge in [0.2, 0.25) is 5.91 Å². The molecule has 1 fully saturated rings. The van der Waals surface area contributed by atoms with Crippen molar-refractivity contribution in [2.75, 3.05) is 6.54 Å². The van der Waals surface area contributed by atoms with E-state index >= 15 is 0 Å². The molecule has 1 aliphatic carbocycles. The van der Waals surface area contributed by atoms with Gasteiger partial charge in [0, 0.05) is 6.04 Å². The first-order valence-corrected chi connectivity index (χ1v) is 6.81. The Balaban J connectivity index is 2.91. The SMILES string of the molecule is CCC(N)(CC)C(=O)N(CC(F)(F)F)C(C)C1CC1. The molecule has 112 valence electrons. The van der Waals surface area contributed by atoms with Crippen LogP contribution in [0.4, 0.5) is 13.2 Å². The van der Waals surface area contributed by atoms with Crippen molar-refractivity contribution in [3.63, 3.8) is 0 Å². The molecule has 6 heteroatoms. The van der Waals surface area contributed by atoms with Crippen LogP contribution >= 0.6 is 0 Å². The number of nitrogens with zero attached hydrogens (tertiary/aromatic N) is 1. The van der Waals surface area contributed by atoms with Gasteiger partial charge in [-0.05, 0) is 38.5 Å². The van der Waals surface area contributed by atoms with Gasteiger partial charge in [-0.3, -0.25) is 4.79 Å². The zero-order chi connectivity index (χ0) is 14.8. The number of rotatable bonds is 6. The van der Waals surface area contributed by atoms with Crippen molar-refractivity contribution < 1.29 is 18.0 Å². The Hall–Kier alpha value is -0.780. The number of amides is 1. The van der Waals surface area contributed by atoms with Crippen molar-refractivity contribution in [2.24, 2.45) is 11.7 Å². The monoisotopic (exact) mass is 280 g/mol. The van der Waals surface area contributed by atoms with E-state index in [0.717, 1.165) is 17.7 Å². The number of carbonyl (C=O) groups excluding carboxylic acids is 1. The summed E-state index contributed by atoms with van der Waals surface area (Å²) in [7, 11) is 0. The van der Waals surface area contributed by atoms with Crippen LogP contribution in [0.5, 0.6) is 0 Å². The van der Waals surface area contributed by atoms with Gasteiger partial charge in [0.05, 0.1) is 5.54 Å². The van der Waals surface area contributed by atoms with Gasteiger partial charge >= 0.3 is 6.18 Å². The van der Waals surface area contributed by atoms with Crippen LogP contribution in [0.25, 0.3) is 0 Å². The molecule has 1 unspecified atom stereocenters. The van der Waals surface area contributed by atoms with Crippen molar-refractivity contribution in [1.82, 2.24) is 4.90 Å². The predicted octanol–water partition coefficient (Wildman–Crippen LogP) is 2.69. The van der Waals surface area contributed by atoms with Gasteiger partial charge < -0.3 is 10.6 Å². The van der Waals surface area contributed by atoms with Crippen LogP contribution in [0.2, 0.25) is 0 Å². The van der Waals surface area contributed by atoms with Crippen LogP contribution in [-0.2, 0) is 4.79 Å². The van der Waals surface area contributed by atoms with Gasteiger partial charge in [0.25, 0.3) is 0 Å². The lowest BCUT2D eigenvalue weighted by Crippen LogP contribution is -2.59. The maximum absolute atomic E-state index is 12.7. The predicted molar refractivity (Wildman–Crippen MR) is 67.5 cm³/mol. The van der Waals surface area contributed by atoms with Gasteiger partial charge in [-0.2, -0.15) is 13.2 Å². The zero-order valence-corrected chi connectivity index (χ0v) is 11.8. The molecule has 1 atom stereocenters. The normalized spacial score (nSPS) is 18.3. The van der Waals surface area contributed by atoms with Crippen molar-refractivity contribution in [1.29, 1.82) is 0 Å². The highest BCUT2D eigenvalue weighted by Crippen LogP contribution is 2.37. The lowest BCUT2D eigenvalue weighted by atomic mass is 9.91. The lowest BCUT2D eigenvalue weighted by molar-refractivity contribution is -0.169. The number of halogens is 3. The van der Waals surface area contributed by atoms with E-state index in [0.29, 0.717) is 12.8 Å². The first kappa shape index (κ1) is 16.3. The van der Waals surface area contributed by atoms with Gasteiger partial charge in [0.1, 0.15) is 6.54 Å². The summed E-state index contributed by atoms with van der Waals surface area (Å²) < 4.78 is 38.0. The van der Waals surface area contributed by atoms with Crippen molar-refractivity contribution >= 4 is 5.91 Å². The molecule has 0 radical (unpaired) electrons. The van der Waals surface area contributed by atoms with Crippen LogP contribution < -0.4 is 5.73 Å². The third kappa shape index (κ3) is 4.09. The van der Waals surface area contributed by atoms with E-state index in [1.165, 1.54) is 0 Å². The third-order valence-corrected chi connectivity index (χ3v) is 4.09. The standard InChI is InChI=1S/C13H23F3N2O/c1-4-12(17,5-2)11(19)18(8-13(14,15)16)9(3)10-6-7-10/h9-10H,4-8,17H2,1-3H3. The van der Waals surface area contributed by atoms with E-state index in [1.807, 2.05) is 0 Å². The molecular formula is C13H23F3N2O. The summed E-state index contributed by atoms with van der Waals surface area (Å²) in [6.07, 6.45) is -1.93. The quantitative estimate of drug-likeness (QED) is 0.813. The first-order chi connectivity index (χ1) is 8.64. The Morgan fingerprint density at radius 2 is 1.79 bits per heavy atom. The molecule has 0 aromatic carbocycles. The molecular weight excluding hydrogens is 257 g/mol. The highest BCUT2D eigenvalue weighted by atomic mass is 19.4. The van der Waals surface area contributed by atoms with E-state index in [-0.39, 0.29) is 5.92 Å². The average Bonchev–Trinajstić information content (AvgIpc) is 3.16. The second-order valence-corrected chi connectivity index (χ2v) is 5.49. The molecule has 0 heterocycles. The maximum Gasteiger partial charge on any atom is 0.406 e. The molecule has 2 N–H and O–H groups in total. The smallest absolute Gasteiger partial charge is 0.329 e. The van der Waals surface area contributed by atoms with E-state index in [1.54, 1.807) is 20.8 Å². The number of alkyl halides is 3. The number of nitrogens with two attached hydrogens (primary N) is 1. The lowest BCUT2D eigenvalue weighted by Gasteiger charge is -2.37. The van der Waals surface area contributed by atoms with Gasteiger partial charge in [-0.15, -0.1) is 0 Å². The minimum atomic E-state index is -4.39. The highest BCUT2D eigenvalue weighted by molar-refractivity contribution is 5.86. The molecule has 1 aliphatic rings. The summed E-state index contributed by atoms with van der Waals surface area (Å²) in [6.45, 7) is 3.94. The Bertz CT molecular complexity index is 322. The second kappa shape index (κ2) is 5.69. The molecule has 1 rings (SSSR count). The van der Waals surface area contributed by atoms with Gasteiger partial charge in [0.15, 0.2) is 0 Å². The van der Waals surface area contributed by atoms with Crippen LogP contribution in [0.15, 0.2) is 0 Å². The summed E-state index contributed by atoms with van der Waals surface area (Å²) >= 11 is 0. The minimum Gasteiger partial charge on any atom is -0.329 e. The largest absolute Gasteiger partial charge is 0.406 e. The van der Waals surface area contributed by atoms with Crippen molar-refractivity contribution in [3.05, 3.63) is 0 Å². The second-order valence-electron chi connectivity index (χ2n) is 5.49. The zero-order valence-electron chi connectivity index (χ0n) is 11.8. The van der Waals surface area contributed by atoms with E-state index < -0.39 is 30.2 Å². The van der Waals surface area contributed by atoms with Crippen LogP contribution in [0.3, 0.4) is 0 Å². The molecule has 19 heavy (non-hydrogen) atoms. The number of hydrogen-bond donors (Lipinski definition) is 1. The summed E-state index contributed by atoms with van der Waals surface area (Å²) in [5.41, 5.74) is 4.77. The van der Waals surface area contributed by atoms with Crippen molar-refractivity contribution in [3.8, 4) is 0 Å². The summed E-state index contributed by atoms with van der Waals surface area (Å²) in [5, 5.41) is 0. The molecule has 0 saturated heterocycles. The molecule has 3 nitrogen and oxygen atoms in total. The molecule has 0 aromatic heterocycles. The third-order valence-electron chi connectivity index (χ3n) is 4.09. The van der Waals surface area contributed by atoms with Crippen molar-refractivity contribution in [2.45, 2.75) is 64.2 Å². The Labute approximate surface area is 112 Å². The van der Waals surface area contributed by atoms with E-state index in [2.05, 4.69) is 0 Å². The van der Waals surface area contributed by atoms with Crippen LogP contribution in [0.1, 0.15) is 46.5 Å². The Kier molecular flexibility index (Phi) is 4.87. The molecule has 1 saturated carbocycles. The summed E-state index contributed by atoms with van der Waals surface area (Å²) in [6, 6.07) is -0.393. The molecule has 1 amide bonds. The molecule has 0 aromatic rings. The Morgan fingerprint density at radius 3 is 2.11 bits per heavy atom. The average molecular weight is 280 g/mol. The fraction of sp³-hybridized carbons (Fsp3) is 0.923. The van der Waals surface area contributed by atoms with Gasteiger partial charge in [-0.1, -0.05) is 13.8 Å². The Morgan fingerprint density at radius 1 is 1.32 bits per heavy atom. The fourth-order valence-electron chi connectivity index (χ4n) is 2.27. The van der Waals surface area contributed by atoms with E-state index in [4.69, 9.17) is 5.73 Å². The molecule has 0 spiro atoms. The maximum atomic E-state index is 12.7. The molecule has 0 bridgehead atoms. The minimum absolute atomic E-state index is 0.185. The van der Waals surface area contributed by atoms with Crippen LogP contribution in [-0.4, -0.2) is 35.1 Å². The van der Waals surface area contributed by atoms with Gasteiger partial charge in [-0.25, -0.2) is 0 Å². The fourth-order valence-corrected chi connectivity index (χ4v) is 2.27. The topological polar surface area (TPSA) is 46.3 Å².